The SMILES string of the molecule is CC(C)N(CCO)C(=O)NC(C)(C(=O)O)C1CC1. The molecule has 0 heterocycles. The summed E-state index contributed by atoms with van der Waals surface area (Å²) in [6, 6.07) is -0.523. The van der Waals surface area contributed by atoms with Crippen LogP contribution >= 0.6 is 0 Å². The summed E-state index contributed by atoms with van der Waals surface area (Å²) < 4.78 is 0. The van der Waals surface area contributed by atoms with Crippen LogP contribution in [0.1, 0.15) is 33.6 Å². The van der Waals surface area contributed by atoms with Gasteiger partial charge in [0.2, 0.25) is 0 Å². The maximum Gasteiger partial charge on any atom is 0.329 e. The number of nitrogens with zero attached hydrogens (tertiary/aromatic N) is 1. The molecule has 0 radical (unpaired) electrons. The van der Waals surface area contributed by atoms with Crippen molar-refractivity contribution < 1.29 is 19.8 Å². The number of amides is 2. The third kappa shape index (κ3) is 3.13. The van der Waals surface area contributed by atoms with Gasteiger partial charge in [0, 0.05) is 12.6 Å². The first-order valence-electron chi connectivity index (χ1n) is 6.26. The highest BCUT2D eigenvalue weighted by Crippen LogP contribution is 2.39. The van der Waals surface area contributed by atoms with E-state index in [-0.39, 0.29) is 25.1 Å². The lowest BCUT2D eigenvalue weighted by molar-refractivity contribution is -0.144. The highest BCUT2D eigenvalue weighted by atomic mass is 16.4. The maximum atomic E-state index is 12.1. The Balaban J connectivity index is 2.74. The number of carbonyl (C=O) groups is 2. The van der Waals surface area contributed by atoms with Crippen LogP contribution < -0.4 is 5.32 Å². The minimum atomic E-state index is -1.21. The monoisotopic (exact) mass is 258 g/mol. The molecule has 1 atom stereocenters. The first-order valence-corrected chi connectivity index (χ1v) is 6.26. The second kappa shape index (κ2) is 5.56. The first kappa shape index (κ1) is 14.8. The van der Waals surface area contributed by atoms with Crippen LogP contribution in [0, 0.1) is 5.92 Å². The van der Waals surface area contributed by atoms with E-state index >= 15 is 0 Å². The highest BCUT2D eigenvalue weighted by molar-refractivity contribution is 5.86. The van der Waals surface area contributed by atoms with Crippen molar-refractivity contribution in [3.8, 4) is 0 Å². The second-order valence-corrected chi connectivity index (χ2v) is 5.22. The van der Waals surface area contributed by atoms with Crippen molar-refractivity contribution in [2.75, 3.05) is 13.2 Å². The zero-order chi connectivity index (χ0) is 13.9. The van der Waals surface area contributed by atoms with Gasteiger partial charge < -0.3 is 20.4 Å². The van der Waals surface area contributed by atoms with Gasteiger partial charge in [0.1, 0.15) is 5.54 Å². The number of carboxylic acid groups (broad SMARTS) is 1. The number of aliphatic hydroxyl groups excluding tert-OH is 1. The third-order valence-corrected chi connectivity index (χ3v) is 3.43. The third-order valence-electron chi connectivity index (χ3n) is 3.43. The molecule has 18 heavy (non-hydrogen) atoms. The number of aliphatic hydroxyl groups is 1. The summed E-state index contributed by atoms with van der Waals surface area (Å²) >= 11 is 0. The van der Waals surface area contributed by atoms with Crippen molar-refractivity contribution in [2.24, 2.45) is 5.92 Å². The largest absolute Gasteiger partial charge is 0.480 e. The smallest absolute Gasteiger partial charge is 0.329 e. The first-order chi connectivity index (χ1) is 8.32. The molecule has 1 rings (SSSR count). The molecule has 0 aromatic carbocycles. The molecule has 0 aromatic heterocycles. The minimum Gasteiger partial charge on any atom is -0.480 e. The van der Waals surface area contributed by atoms with Gasteiger partial charge >= 0.3 is 12.0 Å². The van der Waals surface area contributed by atoms with E-state index in [4.69, 9.17) is 5.11 Å². The van der Waals surface area contributed by atoms with Gasteiger partial charge in [-0.1, -0.05) is 0 Å². The Morgan fingerprint density at radius 2 is 2.00 bits per heavy atom. The minimum absolute atomic E-state index is 0.00193. The summed E-state index contributed by atoms with van der Waals surface area (Å²) in [4.78, 5) is 24.8. The van der Waals surface area contributed by atoms with E-state index in [9.17, 15) is 14.7 Å². The van der Waals surface area contributed by atoms with Crippen molar-refractivity contribution >= 4 is 12.0 Å². The molecular weight excluding hydrogens is 236 g/mol. The van der Waals surface area contributed by atoms with Gasteiger partial charge in [-0.15, -0.1) is 0 Å². The van der Waals surface area contributed by atoms with Crippen molar-refractivity contribution in [1.82, 2.24) is 10.2 Å². The Bertz CT molecular complexity index is 328. The predicted octanol–water partition coefficient (Wildman–Crippen LogP) is 0.652. The number of hydrogen-bond acceptors (Lipinski definition) is 3. The van der Waals surface area contributed by atoms with E-state index in [0.29, 0.717) is 0 Å². The Morgan fingerprint density at radius 1 is 1.44 bits per heavy atom. The Kier molecular flexibility index (Phi) is 4.56. The summed E-state index contributed by atoms with van der Waals surface area (Å²) in [5, 5.41) is 20.8. The second-order valence-electron chi connectivity index (χ2n) is 5.22. The van der Waals surface area contributed by atoms with Crippen LogP contribution in [0.15, 0.2) is 0 Å². The van der Waals surface area contributed by atoms with Crippen LogP contribution in [0.2, 0.25) is 0 Å². The molecular formula is C12H22N2O4. The standard InChI is InChI=1S/C12H22N2O4/c1-8(2)14(6-7-15)11(18)13-12(3,10(16)17)9-4-5-9/h8-9,15H,4-7H2,1-3H3,(H,13,18)(H,16,17). The van der Waals surface area contributed by atoms with Gasteiger partial charge in [-0.25, -0.2) is 9.59 Å². The van der Waals surface area contributed by atoms with Gasteiger partial charge in [0.05, 0.1) is 6.61 Å². The van der Waals surface area contributed by atoms with Crippen LogP contribution in [0.3, 0.4) is 0 Å². The molecule has 0 spiro atoms. The lowest BCUT2D eigenvalue weighted by Crippen LogP contribution is -2.58. The molecule has 1 aliphatic carbocycles. The predicted molar refractivity (Wildman–Crippen MR) is 66.2 cm³/mol. The molecule has 6 nitrogen and oxygen atoms in total. The Morgan fingerprint density at radius 3 is 2.33 bits per heavy atom. The summed E-state index contributed by atoms with van der Waals surface area (Å²) in [6.45, 7) is 5.25. The molecule has 104 valence electrons. The number of hydrogen-bond donors (Lipinski definition) is 3. The fraction of sp³-hybridized carbons (Fsp3) is 0.833. The summed E-state index contributed by atoms with van der Waals surface area (Å²) in [7, 11) is 0. The molecule has 6 heteroatoms. The van der Waals surface area contributed by atoms with Crippen molar-refractivity contribution in [1.29, 1.82) is 0 Å². The number of nitrogens with one attached hydrogen (secondary N) is 1. The van der Waals surface area contributed by atoms with E-state index in [1.165, 1.54) is 4.90 Å². The quantitative estimate of drug-likeness (QED) is 0.652. The fourth-order valence-electron chi connectivity index (χ4n) is 1.99. The summed E-state index contributed by atoms with van der Waals surface area (Å²) in [6.07, 6.45) is 1.65. The van der Waals surface area contributed by atoms with Gasteiger partial charge in [-0.2, -0.15) is 0 Å². The van der Waals surface area contributed by atoms with Crippen LogP contribution in [0.25, 0.3) is 0 Å². The van der Waals surface area contributed by atoms with Gasteiger partial charge in [-0.3, -0.25) is 0 Å². The van der Waals surface area contributed by atoms with Crippen LogP contribution in [0.5, 0.6) is 0 Å². The zero-order valence-corrected chi connectivity index (χ0v) is 11.1. The molecule has 3 N–H and O–H groups in total. The van der Waals surface area contributed by atoms with E-state index < -0.39 is 17.5 Å². The number of rotatable bonds is 6. The lowest BCUT2D eigenvalue weighted by atomic mass is 9.96. The van der Waals surface area contributed by atoms with Crippen LogP contribution in [-0.2, 0) is 4.79 Å². The molecule has 1 fully saturated rings. The number of aliphatic carboxylic acids is 1. The number of carboxylic acids is 1. The normalized spacial score (nSPS) is 18.3. The van der Waals surface area contributed by atoms with Crippen LogP contribution in [0.4, 0.5) is 4.79 Å². The summed E-state index contributed by atoms with van der Waals surface area (Å²) in [5.41, 5.74) is -1.21. The molecule has 0 aromatic rings. The van der Waals surface area contributed by atoms with E-state index in [2.05, 4.69) is 5.32 Å². The number of urea groups is 1. The van der Waals surface area contributed by atoms with E-state index in [0.717, 1.165) is 12.8 Å². The van der Waals surface area contributed by atoms with Gasteiger partial charge in [0.15, 0.2) is 0 Å². The lowest BCUT2D eigenvalue weighted by Gasteiger charge is -2.32. The van der Waals surface area contributed by atoms with E-state index in [1.54, 1.807) is 6.92 Å². The van der Waals surface area contributed by atoms with Crippen molar-refractivity contribution in [3.05, 3.63) is 0 Å². The Hall–Kier alpha value is -1.30. The Labute approximate surface area is 107 Å². The van der Waals surface area contributed by atoms with Gasteiger partial charge in [0.25, 0.3) is 0 Å². The maximum absolute atomic E-state index is 12.1. The van der Waals surface area contributed by atoms with E-state index in [1.807, 2.05) is 13.8 Å². The fourth-order valence-corrected chi connectivity index (χ4v) is 1.99. The molecule has 1 unspecified atom stereocenters. The average Bonchev–Trinajstić information content (AvgIpc) is 3.08. The number of carbonyl (C=O) groups excluding carboxylic acids is 1. The molecule has 1 aliphatic rings. The topological polar surface area (TPSA) is 89.9 Å². The average molecular weight is 258 g/mol. The molecule has 2 amide bonds. The summed E-state index contributed by atoms with van der Waals surface area (Å²) in [5.74, 6) is -1.01. The molecule has 0 bridgehead atoms. The van der Waals surface area contributed by atoms with Crippen molar-refractivity contribution in [3.63, 3.8) is 0 Å². The van der Waals surface area contributed by atoms with Crippen molar-refractivity contribution in [2.45, 2.75) is 45.2 Å². The van der Waals surface area contributed by atoms with Gasteiger partial charge in [-0.05, 0) is 39.5 Å². The molecule has 0 saturated heterocycles. The highest BCUT2D eigenvalue weighted by Gasteiger charge is 2.49. The molecule has 1 saturated carbocycles. The zero-order valence-electron chi connectivity index (χ0n) is 11.1. The van der Waals surface area contributed by atoms with Crippen LogP contribution in [-0.4, -0.2) is 51.8 Å². The molecule has 0 aliphatic heterocycles.